The average Bonchev–Trinajstić information content (AvgIpc) is 3.90. The molecular weight excluding hydrogens is 749 g/mol. The van der Waals surface area contributed by atoms with E-state index < -0.39 is 68.7 Å². The maximum Gasteiger partial charge on any atom is 0.408 e. The third kappa shape index (κ3) is 9.14. The molecule has 0 bridgehead atoms. The van der Waals surface area contributed by atoms with Gasteiger partial charge in [0, 0.05) is 35.0 Å². The van der Waals surface area contributed by atoms with Gasteiger partial charge in [-0.25, -0.2) is 18.2 Å². The van der Waals surface area contributed by atoms with Crippen molar-refractivity contribution in [1.82, 2.24) is 25.2 Å². The third-order valence-corrected chi connectivity index (χ3v) is 13.7. The predicted molar refractivity (Wildman–Crippen MR) is 204 cm³/mol. The minimum Gasteiger partial charge on any atom is -0.497 e. The molecule has 2 aromatic rings. The topological polar surface area (TPSA) is 195 Å². The molecule has 1 saturated heterocycles. The van der Waals surface area contributed by atoms with Crippen molar-refractivity contribution in [2.24, 2.45) is 11.1 Å². The van der Waals surface area contributed by atoms with Crippen LogP contribution in [0.15, 0.2) is 47.1 Å². The minimum atomic E-state index is -3.89. The molecule has 3 heterocycles. The lowest BCUT2D eigenvalue weighted by molar-refractivity contribution is -0.141. The molecular formula is C38H48N6O9S2. The van der Waals surface area contributed by atoms with E-state index in [-0.39, 0.29) is 25.5 Å². The molecule has 7 rings (SSSR count). The number of sulfonamides is 1. The molecule has 0 unspecified atom stereocenters. The van der Waals surface area contributed by atoms with Gasteiger partial charge in [0.15, 0.2) is 0 Å². The van der Waals surface area contributed by atoms with Gasteiger partial charge in [-0.3, -0.25) is 19.1 Å². The average molecular weight is 797 g/mol. The summed E-state index contributed by atoms with van der Waals surface area (Å²) in [5, 5.41) is 12.0. The molecule has 4 amide bonds. The number of oxime groups is 1. The molecule has 296 valence electrons. The highest BCUT2D eigenvalue weighted by molar-refractivity contribution is 7.91. The van der Waals surface area contributed by atoms with Gasteiger partial charge in [-0.15, -0.1) is 11.3 Å². The second kappa shape index (κ2) is 16.7. The number of nitrogens with one attached hydrogen (secondary N) is 3. The molecule has 3 saturated carbocycles. The molecule has 55 heavy (non-hydrogen) atoms. The number of hydrogen-bond donors (Lipinski definition) is 3. The highest BCUT2D eigenvalue weighted by Crippen LogP contribution is 2.46. The van der Waals surface area contributed by atoms with E-state index in [0.717, 1.165) is 49.1 Å². The van der Waals surface area contributed by atoms with Gasteiger partial charge in [-0.1, -0.05) is 30.1 Å². The number of methoxy groups -OCH3 is 1. The van der Waals surface area contributed by atoms with Gasteiger partial charge in [-0.05, 0) is 82.4 Å². The third-order valence-electron chi connectivity index (χ3n) is 11.0. The minimum absolute atomic E-state index is 0.0276. The van der Waals surface area contributed by atoms with Gasteiger partial charge >= 0.3 is 6.09 Å². The number of alkyl carbamates (subject to hydrolysis) is 1. The zero-order valence-electron chi connectivity index (χ0n) is 30.8. The van der Waals surface area contributed by atoms with Crippen molar-refractivity contribution in [2.75, 3.05) is 13.7 Å². The SMILES string of the molecule is COc1ccc(-c2nccs2)c(/C=N/O[C@@H]2C[C@H]3C(=O)N[C@@]4(C(=O)NS(=O)(=O)C5CC5)C[C@H]4/C=C\CCCCC[C@H](NC(=O)OC4CCCC4)C(=O)N3C2)c1. The fraction of sp³-hybridized carbons (Fsp3) is 0.579. The van der Waals surface area contributed by atoms with Crippen LogP contribution in [0.25, 0.3) is 10.6 Å². The maximum absolute atomic E-state index is 14.4. The van der Waals surface area contributed by atoms with Crippen LogP contribution in [0.2, 0.25) is 0 Å². The second-order valence-corrected chi connectivity index (χ2v) is 17.9. The molecule has 0 spiro atoms. The van der Waals surface area contributed by atoms with Crippen LogP contribution < -0.4 is 20.1 Å². The van der Waals surface area contributed by atoms with E-state index in [1.165, 1.54) is 22.5 Å². The number of amides is 4. The van der Waals surface area contributed by atoms with E-state index in [0.29, 0.717) is 43.4 Å². The van der Waals surface area contributed by atoms with E-state index >= 15 is 0 Å². The first kappa shape index (κ1) is 38.8. The van der Waals surface area contributed by atoms with Crippen molar-refractivity contribution in [3.8, 4) is 16.3 Å². The Bertz CT molecular complexity index is 1910. The highest BCUT2D eigenvalue weighted by atomic mass is 32.2. The molecule has 3 aliphatic carbocycles. The van der Waals surface area contributed by atoms with E-state index in [4.69, 9.17) is 14.3 Å². The number of fused-ring (bicyclic) bond motifs is 2. The van der Waals surface area contributed by atoms with E-state index in [2.05, 4.69) is 25.5 Å². The Hall–Kier alpha value is -4.51. The lowest BCUT2D eigenvalue weighted by atomic mass is 10.0. The Balaban J connectivity index is 1.14. The number of aromatic nitrogens is 1. The Morgan fingerprint density at radius 1 is 1.07 bits per heavy atom. The summed E-state index contributed by atoms with van der Waals surface area (Å²) in [7, 11) is -2.32. The fourth-order valence-corrected chi connectivity index (χ4v) is 9.72. The van der Waals surface area contributed by atoms with Crippen LogP contribution in [-0.4, -0.2) is 97.1 Å². The summed E-state index contributed by atoms with van der Waals surface area (Å²) in [5.41, 5.74) is 0.00141. The second-order valence-electron chi connectivity index (χ2n) is 15.0. The summed E-state index contributed by atoms with van der Waals surface area (Å²) in [6.45, 7) is -0.0276. The molecule has 2 aliphatic heterocycles. The number of carbonyl (C=O) groups excluding carboxylic acids is 4. The monoisotopic (exact) mass is 796 g/mol. The van der Waals surface area contributed by atoms with Crippen molar-refractivity contribution < 1.29 is 41.9 Å². The molecule has 15 nitrogen and oxygen atoms in total. The van der Waals surface area contributed by atoms with Crippen LogP contribution in [0.4, 0.5) is 4.79 Å². The van der Waals surface area contributed by atoms with E-state index in [9.17, 15) is 27.6 Å². The van der Waals surface area contributed by atoms with Gasteiger partial charge in [0.1, 0.15) is 40.6 Å². The maximum atomic E-state index is 14.4. The first-order chi connectivity index (χ1) is 26.6. The molecule has 4 fully saturated rings. The lowest BCUT2D eigenvalue weighted by Gasteiger charge is -2.30. The summed E-state index contributed by atoms with van der Waals surface area (Å²) >= 11 is 1.47. The number of carbonyl (C=O) groups is 4. The first-order valence-corrected chi connectivity index (χ1v) is 21.6. The standard InChI is InChI=1S/C38H48N6O9S2/c1-51-27-13-16-30(34-39-17-18-54-34)24(19-27)22-40-53-28-20-32-33(45)42-38(36(47)43-55(49,50)29-14-15-29)21-25(38)9-5-3-2-4-6-12-31(35(46)44(32)23-28)41-37(48)52-26-10-7-8-11-26/h5,9,13,16-19,22,25-26,28-29,31-32H,2-4,6-8,10-12,14-15,20-21,23H2,1H3,(H,41,48)(H,42,45)(H,43,47)/b9-5-,40-22+/t25-,28-,31+,32+,38+/m1/s1. The number of rotatable bonds is 10. The van der Waals surface area contributed by atoms with Gasteiger partial charge in [0.25, 0.3) is 5.91 Å². The largest absolute Gasteiger partial charge is 0.497 e. The fourth-order valence-electron chi connectivity index (χ4n) is 7.67. The number of ether oxygens (including phenoxy) is 2. The van der Waals surface area contributed by atoms with Crippen LogP contribution >= 0.6 is 11.3 Å². The quantitative estimate of drug-likeness (QED) is 0.178. The van der Waals surface area contributed by atoms with Gasteiger partial charge in [0.2, 0.25) is 21.8 Å². The highest BCUT2D eigenvalue weighted by Gasteiger charge is 2.62. The molecule has 5 aliphatic rings. The zero-order valence-corrected chi connectivity index (χ0v) is 32.4. The van der Waals surface area contributed by atoms with Gasteiger partial charge in [-0.2, -0.15) is 0 Å². The van der Waals surface area contributed by atoms with Crippen molar-refractivity contribution in [3.05, 3.63) is 47.5 Å². The summed E-state index contributed by atoms with van der Waals surface area (Å²) in [4.78, 5) is 67.2. The van der Waals surface area contributed by atoms with Crippen LogP contribution in [0.3, 0.4) is 0 Å². The summed E-state index contributed by atoms with van der Waals surface area (Å²) in [5.74, 6) is -1.71. The van der Waals surface area contributed by atoms with Crippen molar-refractivity contribution in [1.29, 1.82) is 0 Å². The smallest absolute Gasteiger partial charge is 0.408 e. The normalized spacial score (nSPS) is 28.3. The van der Waals surface area contributed by atoms with E-state index in [1.54, 1.807) is 19.4 Å². The lowest BCUT2D eigenvalue weighted by Crippen LogP contribution is -2.58. The summed E-state index contributed by atoms with van der Waals surface area (Å²) < 4.78 is 38.9. The van der Waals surface area contributed by atoms with Crippen LogP contribution in [0.5, 0.6) is 5.75 Å². The summed E-state index contributed by atoms with van der Waals surface area (Å²) in [6, 6.07) is 3.42. The van der Waals surface area contributed by atoms with Crippen LogP contribution in [0, 0.1) is 5.92 Å². The number of hydrogen-bond acceptors (Lipinski definition) is 12. The van der Waals surface area contributed by atoms with Gasteiger partial charge < -0.3 is 29.8 Å². The Labute approximate surface area is 324 Å². The van der Waals surface area contributed by atoms with Crippen molar-refractivity contribution >= 4 is 51.4 Å². The number of benzene rings is 1. The Morgan fingerprint density at radius 2 is 1.87 bits per heavy atom. The van der Waals surface area contributed by atoms with Gasteiger partial charge in [0.05, 0.1) is 25.1 Å². The zero-order chi connectivity index (χ0) is 38.6. The predicted octanol–water partition coefficient (Wildman–Crippen LogP) is 4.18. The van der Waals surface area contributed by atoms with Crippen molar-refractivity contribution in [3.63, 3.8) is 0 Å². The number of allylic oxidation sites excluding steroid dienone is 1. The first-order valence-electron chi connectivity index (χ1n) is 19.2. The molecule has 0 radical (unpaired) electrons. The summed E-state index contributed by atoms with van der Waals surface area (Å²) in [6.07, 6.45) is 13.4. The van der Waals surface area contributed by atoms with Crippen LogP contribution in [0.1, 0.15) is 89.0 Å². The molecule has 5 atom stereocenters. The van der Waals surface area contributed by atoms with Crippen molar-refractivity contribution in [2.45, 2.75) is 119 Å². The Morgan fingerprint density at radius 3 is 2.62 bits per heavy atom. The number of nitrogens with zero attached hydrogens (tertiary/aromatic N) is 3. The molecule has 1 aromatic carbocycles. The molecule has 17 heteroatoms. The Kier molecular flexibility index (Phi) is 11.8. The van der Waals surface area contributed by atoms with Crippen LogP contribution in [-0.2, 0) is 34.0 Å². The van der Waals surface area contributed by atoms with E-state index in [1.807, 2.05) is 29.7 Å². The molecule has 3 N–H and O–H groups in total. The number of thiazole rings is 1. The molecule has 1 aromatic heterocycles.